The SMILES string of the molecule is CCN(Cc1ccc(O)c(C(F)(F)F)c1)C1CCCC1. The molecule has 0 unspecified atom stereocenters. The number of phenolic OH excluding ortho intramolecular Hbond substituents is 1. The highest BCUT2D eigenvalue weighted by atomic mass is 19.4. The zero-order valence-corrected chi connectivity index (χ0v) is 11.6. The molecule has 2 rings (SSSR count). The molecule has 20 heavy (non-hydrogen) atoms. The highest BCUT2D eigenvalue weighted by Gasteiger charge is 2.34. The maximum Gasteiger partial charge on any atom is 0.419 e. The van der Waals surface area contributed by atoms with Gasteiger partial charge in [-0.1, -0.05) is 25.8 Å². The summed E-state index contributed by atoms with van der Waals surface area (Å²) in [6, 6.07) is 4.25. The van der Waals surface area contributed by atoms with Crippen LogP contribution >= 0.6 is 0 Å². The molecule has 2 nitrogen and oxygen atoms in total. The van der Waals surface area contributed by atoms with Crippen LogP contribution in [0.2, 0.25) is 0 Å². The molecule has 1 aliphatic rings. The summed E-state index contributed by atoms with van der Waals surface area (Å²) < 4.78 is 38.3. The largest absolute Gasteiger partial charge is 0.507 e. The average molecular weight is 287 g/mol. The molecule has 1 aromatic carbocycles. The Labute approximate surface area is 117 Å². The third-order valence-electron chi connectivity index (χ3n) is 4.00. The van der Waals surface area contributed by atoms with E-state index in [4.69, 9.17) is 0 Å². The molecule has 0 atom stereocenters. The van der Waals surface area contributed by atoms with E-state index in [0.717, 1.165) is 31.5 Å². The minimum absolute atomic E-state index is 0.475. The lowest BCUT2D eigenvalue weighted by Gasteiger charge is -2.27. The van der Waals surface area contributed by atoms with Crippen molar-refractivity contribution in [3.8, 4) is 5.75 Å². The fourth-order valence-corrected chi connectivity index (χ4v) is 2.91. The van der Waals surface area contributed by atoms with Gasteiger partial charge in [0.25, 0.3) is 0 Å². The fourth-order valence-electron chi connectivity index (χ4n) is 2.91. The number of rotatable bonds is 4. The molecule has 0 saturated heterocycles. The topological polar surface area (TPSA) is 23.5 Å². The lowest BCUT2D eigenvalue weighted by molar-refractivity contribution is -0.138. The van der Waals surface area contributed by atoms with E-state index in [-0.39, 0.29) is 0 Å². The normalized spacial score (nSPS) is 17.1. The van der Waals surface area contributed by atoms with Crippen LogP contribution < -0.4 is 0 Å². The van der Waals surface area contributed by atoms with Crippen LogP contribution in [-0.2, 0) is 12.7 Å². The molecular formula is C15H20F3NO. The molecule has 0 aliphatic heterocycles. The van der Waals surface area contributed by atoms with Crippen LogP contribution in [-0.4, -0.2) is 22.6 Å². The first-order chi connectivity index (χ1) is 9.41. The number of hydrogen-bond acceptors (Lipinski definition) is 2. The minimum Gasteiger partial charge on any atom is -0.507 e. The molecule has 0 spiro atoms. The molecule has 1 fully saturated rings. The van der Waals surface area contributed by atoms with Crippen LogP contribution in [0.15, 0.2) is 18.2 Å². The maximum atomic E-state index is 12.8. The Bertz CT molecular complexity index is 453. The predicted octanol–water partition coefficient (Wildman–Crippen LogP) is 4.18. The van der Waals surface area contributed by atoms with Crippen molar-refractivity contribution in [3.05, 3.63) is 29.3 Å². The maximum absolute atomic E-state index is 12.8. The second-order valence-electron chi connectivity index (χ2n) is 5.35. The van der Waals surface area contributed by atoms with Gasteiger partial charge in [-0.15, -0.1) is 0 Å². The molecule has 1 saturated carbocycles. The number of phenols is 1. The van der Waals surface area contributed by atoms with Gasteiger partial charge in [0.1, 0.15) is 5.75 Å². The van der Waals surface area contributed by atoms with Gasteiger partial charge >= 0.3 is 6.18 Å². The summed E-state index contributed by atoms with van der Waals surface area (Å²) in [5.41, 5.74) is -0.346. The predicted molar refractivity (Wildman–Crippen MR) is 71.4 cm³/mol. The van der Waals surface area contributed by atoms with E-state index in [1.54, 1.807) is 6.07 Å². The van der Waals surface area contributed by atoms with Crippen LogP contribution in [0, 0.1) is 0 Å². The Kier molecular flexibility index (Phi) is 4.58. The molecule has 1 aliphatic carbocycles. The van der Waals surface area contributed by atoms with Gasteiger partial charge in [0.15, 0.2) is 0 Å². The first-order valence-corrected chi connectivity index (χ1v) is 7.05. The number of alkyl halides is 3. The second-order valence-corrected chi connectivity index (χ2v) is 5.35. The van der Waals surface area contributed by atoms with Crippen LogP contribution in [0.1, 0.15) is 43.7 Å². The molecule has 0 bridgehead atoms. The summed E-state index contributed by atoms with van der Waals surface area (Å²) in [7, 11) is 0. The Morgan fingerprint density at radius 3 is 2.45 bits per heavy atom. The van der Waals surface area contributed by atoms with Gasteiger partial charge in [-0.25, -0.2) is 0 Å². The van der Waals surface area contributed by atoms with Crippen molar-refractivity contribution in [1.82, 2.24) is 4.90 Å². The van der Waals surface area contributed by atoms with Gasteiger partial charge in [0.2, 0.25) is 0 Å². The van der Waals surface area contributed by atoms with Gasteiger partial charge in [-0.05, 0) is 37.1 Å². The molecule has 5 heteroatoms. The van der Waals surface area contributed by atoms with E-state index in [2.05, 4.69) is 4.90 Å². The minimum atomic E-state index is -4.51. The molecule has 112 valence electrons. The summed E-state index contributed by atoms with van der Waals surface area (Å²) in [5, 5.41) is 9.34. The smallest absolute Gasteiger partial charge is 0.419 e. The first kappa shape index (κ1) is 15.2. The van der Waals surface area contributed by atoms with Crippen molar-refractivity contribution in [2.75, 3.05) is 6.54 Å². The Hall–Kier alpha value is -1.23. The van der Waals surface area contributed by atoms with E-state index in [0.29, 0.717) is 18.2 Å². The summed E-state index contributed by atoms with van der Waals surface area (Å²) in [5.74, 6) is -0.704. The quantitative estimate of drug-likeness (QED) is 0.898. The van der Waals surface area contributed by atoms with E-state index < -0.39 is 17.5 Å². The summed E-state index contributed by atoms with van der Waals surface area (Å²) in [4.78, 5) is 2.22. The molecule has 0 radical (unpaired) electrons. The number of halogens is 3. The average Bonchev–Trinajstić information content (AvgIpc) is 2.90. The van der Waals surface area contributed by atoms with Crippen molar-refractivity contribution in [2.45, 2.75) is 51.4 Å². The Morgan fingerprint density at radius 2 is 1.90 bits per heavy atom. The zero-order valence-electron chi connectivity index (χ0n) is 11.6. The second kappa shape index (κ2) is 6.04. The van der Waals surface area contributed by atoms with Crippen molar-refractivity contribution in [1.29, 1.82) is 0 Å². The third-order valence-corrected chi connectivity index (χ3v) is 4.00. The van der Waals surface area contributed by atoms with E-state index in [1.807, 2.05) is 6.92 Å². The Morgan fingerprint density at radius 1 is 1.25 bits per heavy atom. The lowest BCUT2D eigenvalue weighted by Crippen LogP contribution is -2.32. The number of hydrogen-bond donors (Lipinski definition) is 1. The molecular weight excluding hydrogens is 267 g/mol. The van der Waals surface area contributed by atoms with Gasteiger partial charge in [0.05, 0.1) is 5.56 Å². The van der Waals surface area contributed by atoms with Gasteiger partial charge in [-0.3, -0.25) is 4.90 Å². The summed E-state index contributed by atoms with van der Waals surface area (Å²) >= 11 is 0. The lowest BCUT2D eigenvalue weighted by atomic mass is 10.1. The third kappa shape index (κ3) is 3.45. The molecule has 0 amide bonds. The van der Waals surface area contributed by atoms with Crippen molar-refractivity contribution >= 4 is 0 Å². The van der Waals surface area contributed by atoms with Crippen LogP contribution in [0.5, 0.6) is 5.75 Å². The number of benzene rings is 1. The van der Waals surface area contributed by atoms with Gasteiger partial charge in [-0.2, -0.15) is 13.2 Å². The first-order valence-electron chi connectivity index (χ1n) is 7.05. The highest BCUT2D eigenvalue weighted by Crippen LogP contribution is 2.36. The van der Waals surface area contributed by atoms with Gasteiger partial charge in [0, 0.05) is 12.6 Å². The molecule has 1 N–H and O–H groups in total. The Balaban J connectivity index is 2.16. The van der Waals surface area contributed by atoms with Gasteiger partial charge < -0.3 is 5.11 Å². The summed E-state index contributed by atoms with van der Waals surface area (Å²) in [6.07, 6.45) is 0.135. The van der Waals surface area contributed by atoms with Crippen LogP contribution in [0.25, 0.3) is 0 Å². The summed E-state index contributed by atoms with van der Waals surface area (Å²) in [6.45, 7) is 3.36. The van der Waals surface area contributed by atoms with Crippen molar-refractivity contribution in [3.63, 3.8) is 0 Å². The van der Waals surface area contributed by atoms with Crippen LogP contribution in [0.3, 0.4) is 0 Å². The monoisotopic (exact) mass is 287 g/mol. The van der Waals surface area contributed by atoms with E-state index in [1.165, 1.54) is 12.8 Å². The molecule has 0 aromatic heterocycles. The van der Waals surface area contributed by atoms with Crippen molar-refractivity contribution < 1.29 is 18.3 Å². The fraction of sp³-hybridized carbons (Fsp3) is 0.600. The van der Waals surface area contributed by atoms with E-state index in [9.17, 15) is 18.3 Å². The van der Waals surface area contributed by atoms with Crippen LogP contribution in [0.4, 0.5) is 13.2 Å². The van der Waals surface area contributed by atoms with Crippen molar-refractivity contribution in [2.24, 2.45) is 0 Å². The van der Waals surface area contributed by atoms with E-state index >= 15 is 0 Å². The standard InChI is InChI=1S/C15H20F3NO/c1-2-19(12-5-3-4-6-12)10-11-7-8-14(20)13(9-11)15(16,17)18/h7-9,12,20H,2-6,10H2,1H3. The zero-order chi connectivity index (χ0) is 14.8. The number of aromatic hydroxyl groups is 1. The number of nitrogens with zero attached hydrogens (tertiary/aromatic N) is 1. The molecule has 0 heterocycles. The highest BCUT2D eigenvalue weighted by molar-refractivity contribution is 5.38. The molecule has 1 aromatic rings.